The lowest BCUT2D eigenvalue weighted by atomic mass is 10.2. The van der Waals surface area contributed by atoms with Crippen molar-refractivity contribution in [3.8, 4) is 5.75 Å². The Morgan fingerprint density at radius 1 is 1.62 bits per heavy atom. The van der Waals surface area contributed by atoms with E-state index < -0.39 is 0 Å². The second-order valence-corrected chi connectivity index (χ2v) is 3.95. The highest BCUT2D eigenvalue weighted by atomic mass is 35.5. The van der Waals surface area contributed by atoms with E-state index in [9.17, 15) is 0 Å². The van der Waals surface area contributed by atoms with Gasteiger partial charge in [-0.3, -0.25) is 0 Å². The van der Waals surface area contributed by atoms with Gasteiger partial charge < -0.3 is 15.4 Å². The van der Waals surface area contributed by atoms with Crippen LogP contribution in [-0.2, 0) is 0 Å². The summed E-state index contributed by atoms with van der Waals surface area (Å²) in [5.41, 5.74) is 0. The quantitative estimate of drug-likeness (QED) is 0.875. The van der Waals surface area contributed by atoms with Gasteiger partial charge in [0, 0.05) is 18.7 Å². The predicted molar refractivity (Wildman–Crippen MR) is 67.9 cm³/mol. The van der Waals surface area contributed by atoms with E-state index in [0.29, 0.717) is 16.8 Å². The lowest BCUT2D eigenvalue weighted by Crippen LogP contribution is -2.22. The minimum atomic E-state index is 0. The maximum Gasteiger partial charge on any atom is 0.142 e. The molecular formula is C10H15Cl2N3O. The third-order valence-corrected chi connectivity index (χ3v) is 2.74. The lowest BCUT2D eigenvalue weighted by molar-refractivity contribution is 0.414. The normalized spacial score (nSPS) is 19.0. The van der Waals surface area contributed by atoms with E-state index >= 15 is 0 Å². The first kappa shape index (κ1) is 13.4. The zero-order chi connectivity index (χ0) is 10.7. The fraction of sp³-hybridized carbons (Fsp3) is 0.500. The molecule has 1 aromatic heterocycles. The van der Waals surface area contributed by atoms with Crippen LogP contribution >= 0.6 is 24.0 Å². The predicted octanol–water partition coefficient (Wildman–Crippen LogP) is 1.94. The molecule has 1 aromatic rings. The van der Waals surface area contributed by atoms with Gasteiger partial charge in [0.2, 0.25) is 0 Å². The monoisotopic (exact) mass is 263 g/mol. The number of halogens is 2. The van der Waals surface area contributed by atoms with Gasteiger partial charge in [0.25, 0.3) is 0 Å². The van der Waals surface area contributed by atoms with Crippen LogP contribution in [0.4, 0.5) is 5.82 Å². The molecule has 1 aliphatic heterocycles. The molecule has 0 saturated carbocycles. The molecule has 2 rings (SSSR count). The second kappa shape index (κ2) is 6.13. The molecule has 0 bridgehead atoms. The molecule has 1 saturated heterocycles. The SMILES string of the molecule is COc1cc(N[C@@H]2CCNC2)ncc1Cl.Cl. The fourth-order valence-electron chi connectivity index (χ4n) is 1.64. The molecule has 2 heterocycles. The largest absolute Gasteiger partial charge is 0.495 e. The van der Waals surface area contributed by atoms with E-state index in [1.165, 1.54) is 0 Å². The Morgan fingerprint density at radius 2 is 2.44 bits per heavy atom. The molecule has 0 unspecified atom stereocenters. The minimum Gasteiger partial charge on any atom is -0.495 e. The molecular weight excluding hydrogens is 249 g/mol. The van der Waals surface area contributed by atoms with Crippen LogP contribution in [0.25, 0.3) is 0 Å². The Hall–Kier alpha value is -0.710. The van der Waals surface area contributed by atoms with Crippen LogP contribution < -0.4 is 15.4 Å². The first-order valence-electron chi connectivity index (χ1n) is 4.96. The summed E-state index contributed by atoms with van der Waals surface area (Å²) >= 11 is 5.89. The van der Waals surface area contributed by atoms with Crippen LogP contribution in [-0.4, -0.2) is 31.2 Å². The van der Waals surface area contributed by atoms with Gasteiger partial charge in [0.1, 0.15) is 16.6 Å². The standard InChI is InChI=1S/C10H14ClN3O.ClH/c1-15-9-4-10(13-6-8(9)11)14-7-2-3-12-5-7;/h4,6-7,12H,2-3,5H2,1H3,(H,13,14);1H/t7-;/m1./s1. The second-order valence-electron chi connectivity index (χ2n) is 3.54. The molecule has 0 aliphatic carbocycles. The summed E-state index contributed by atoms with van der Waals surface area (Å²) in [7, 11) is 1.60. The number of methoxy groups -OCH3 is 1. The molecule has 1 atom stereocenters. The van der Waals surface area contributed by atoms with E-state index in [2.05, 4.69) is 15.6 Å². The van der Waals surface area contributed by atoms with Crippen LogP contribution in [0.3, 0.4) is 0 Å². The van der Waals surface area contributed by atoms with Crippen molar-refractivity contribution in [2.75, 3.05) is 25.5 Å². The van der Waals surface area contributed by atoms with Crippen molar-refractivity contribution in [1.29, 1.82) is 0 Å². The van der Waals surface area contributed by atoms with Crippen LogP contribution in [0.2, 0.25) is 5.02 Å². The zero-order valence-corrected chi connectivity index (χ0v) is 10.6. The van der Waals surface area contributed by atoms with Crippen LogP contribution in [0.1, 0.15) is 6.42 Å². The molecule has 90 valence electrons. The van der Waals surface area contributed by atoms with Crippen molar-refractivity contribution < 1.29 is 4.74 Å². The van der Waals surface area contributed by atoms with Crippen molar-refractivity contribution in [3.05, 3.63) is 17.3 Å². The lowest BCUT2D eigenvalue weighted by Gasteiger charge is -2.12. The molecule has 6 heteroatoms. The summed E-state index contributed by atoms with van der Waals surface area (Å²) in [6.45, 7) is 2.04. The van der Waals surface area contributed by atoms with Gasteiger partial charge in [-0.2, -0.15) is 0 Å². The van der Waals surface area contributed by atoms with E-state index in [-0.39, 0.29) is 12.4 Å². The van der Waals surface area contributed by atoms with E-state index in [1.807, 2.05) is 6.07 Å². The van der Waals surface area contributed by atoms with Crippen molar-refractivity contribution in [3.63, 3.8) is 0 Å². The molecule has 0 amide bonds. The van der Waals surface area contributed by atoms with Gasteiger partial charge >= 0.3 is 0 Å². The van der Waals surface area contributed by atoms with Crippen molar-refractivity contribution in [2.24, 2.45) is 0 Å². The van der Waals surface area contributed by atoms with Gasteiger partial charge in [0.05, 0.1) is 13.3 Å². The molecule has 0 spiro atoms. The fourth-order valence-corrected chi connectivity index (χ4v) is 1.82. The highest BCUT2D eigenvalue weighted by Crippen LogP contribution is 2.25. The summed E-state index contributed by atoms with van der Waals surface area (Å²) in [5.74, 6) is 1.46. The molecule has 2 N–H and O–H groups in total. The first-order chi connectivity index (χ1) is 7.29. The topological polar surface area (TPSA) is 46.2 Å². The summed E-state index contributed by atoms with van der Waals surface area (Å²) in [6, 6.07) is 2.27. The van der Waals surface area contributed by atoms with Gasteiger partial charge in [-0.15, -0.1) is 12.4 Å². The van der Waals surface area contributed by atoms with Crippen LogP contribution in [0.15, 0.2) is 12.3 Å². The smallest absolute Gasteiger partial charge is 0.142 e. The number of ether oxygens (including phenoxy) is 1. The Morgan fingerprint density at radius 3 is 3.06 bits per heavy atom. The Bertz CT molecular complexity index is 343. The average molecular weight is 264 g/mol. The third-order valence-electron chi connectivity index (χ3n) is 2.45. The zero-order valence-electron chi connectivity index (χ0n) is 9.00. The summed E-state index contributed by atoms with van der Waals surface area (Å²) in [5, 5.41) is 7.15. The van der Waals surface area contributed by atoms with Crippen molar-refractivity contribution in [1.82, 2.24) is 10.3 Å². The number of pyridine rings is 1. The number of nitrogens with one attached hydrogen (secondary N) is 2. The van der Waals surface area contributed by atoms with Crippen LogP contribution in [0.5, 0.6) is 5.75 Å². The van der Waals surface area contributed by atoms with Gasteiger partial charge in [-0.25, -0.2) is 4.98 Å². The minimum absolute atomic E-state index is 0. The van der Waals surface area contributed by atoms with Crippen LogP contribution in [0, 0.1) is 0 Å². The Labute approximate surface area is 106 Å². The Balaban J connectivity index is 0.00000128. The maximum atomic E-state index is 5.89. The number of hydrogen-bond acceptors (Lipinski definition) is 4. The maximum absolute atomic E-state index is 5.89. The summed E-state index contributed by atoms with van der Waals surface area (Å²) in [6.07, 6.45) is 2.72. The van der Waals surface area contributed by atoms with Gasteiger partial charge in [-0.05, 0) is 13.0 Å². The average Bonchev–Trinajstić information content (AvgIpc) is 2.73. The molecule has 0 aromatic carbocycles. The third kappa shape index (κ3) is 3.14. The summed E-state index contributed by atoms with van der Waals surface area (Å²) in [4.78, 5) is 4.20. The number of nitrogens with zero attached hydrogens (tertiary/aromatic N) is 1. The summed E-state index contributed by atoms with van der Waals surface area (Å²) < 4.78 is 5.12. The molecule has 1 fully saturated rings. The molecule has 4 nitrogen and oxygen atoms in total. The van der Waals surface area contributed by atoms with Crippen molar-refractivity contribution in [2.45, 2.75) is 12.5 Å². The molecule has 16 heavy (non-hydrogen) atoms. The number of hydrogen-bond donors (Lipinski definition) is 2. The number of anilines is 1. The van der Waals surface area contributed by atoms with E-state index in [1.54, 1.807) is 13.3 Å². The highest BCUT2D eigenvalue weighted by Gasteiger charge is 2.14. The molecule has 1 aliphatic rings. The van der Waals surface area contributed by atoms with Gasteiger partial charge in [-0.1, -0.05) is 11.6 Å². The van der Waals surface area contributed by atoms with E-state index in [0.717, 1.165) is 25.3 Å². The van der Waals surface area contributed by atoms with Crippen molar-refractivity contribution >= 4 is 29.8 Å². The number of aromatic nitrogens is 1. The number of rotatable bonds is 3. The van der Waals surface area contributed by atoms with E-state index in [4.69, 9.17) is 16.3 Å². The van der Waals surface area contributed by atoms with Gasteiger partial charge in [0.15, 0.2) is 0 Å². The molecule has 0 radical (unpaired) electrons. The first-order valence-corrected chi connectivity index (χ1v) is 5.34. The highest BCUT2D eigenvalue weighted by molar-refractivity contribution is 6.31. The Kier molecular flexibility index (Phi) is 5.12.